The van der Waals surface area contributed by atoms with E-state index >= 15 is 0 Å². The maximum absolute atomic E-state index is 12.1. The number of urea groups is 1. The fourth-order valence-electron chi connectivity index (χ4n) is 2.28. The lowest BCUT2D eigenvalue weighted by atomic mass is 10.3. The number of carbonyl (C=O) groups excluding carboxylic acids is 1. The Labute approximate surface area is 154 Å². The minimum atomic E-state index is -3.01. The van der Waals surface area contributed by atoms with Gasteiger partial charge in [-0.3, -0.25) is 0 Å². The number of anilines is 1. The average molecular weight is 426 g/mol. The number of sulfone groups is 1. The second-order valence-electron chi connectivity index (χ2n) is 5.51. The van der Waals surface area contributed by atoms with Crippen molar-refractivity contribution in [1.29, 1.82) is 0 Å². The first-order valence-corrected chi connectivity index (χ1v) is 10.2. The molecule has 2 aromatic rings. The molecule has 1 aliphatic rings. The van der Waals surface area contributed by atoms with Crippen LogP contribution in [0, 0.1) is 0 Å². The fraction of sp³-hybridized carbons (Fsp3) is 0.250. The molecule has 0 saturated carbocycles. The van der Waals surface area contributed by atoms with Crippen molar-refractivity contribution in [1.82, 2.24) is 9.88 Å². The van der Waals surface area contributed by atoms with Crippen LogP contribution in [0.5, 0.6) is 11.6 Å². The quantitative estimate of drug-likeness (QED) is 0.816. The van der Waals surface area contributed by atoms with Crippen molar-refractivity contribution in [2.45, 2.75) is 0 Å². The van der Waals surface area contributed by atoms with Crippen molar-refractivity contribution in [3.63, 3.8) is 0 Å². The number of nitrogens with one attached hydrogen (secondary N) is 1. The summed E-state index contributed by atoms with van der Waals surface area (Å²) in [5.41, 5.74) is 0.514. The molecule has 25 heavy (non-hydrogen) atoms. The molecule has 3 rings (SSSR count). The summed E-state index contributed by atoms with van der Waals surface area (Å²) in [7, 11) is -3.01. The van der Waals surface area contributed by atoms with Gasteiger partial charge >= 0.3 is 6.03 Å². The standard InChI is InChI=1S/C16H16BrN3O4S/c17-12-2-1-3-14(10-12)24-15-5-4-13(11-18-15)19-16(21)20-6-8-25(22,23)9-7-20/h1-5,10-11H,6-9H2,(H,19,21). The van der Waals surface area contributed by atoms with Gasteiger partial charge in [0.1, 0.15) is 5.75 Å². The fourth-order valence-corrected chi connectivity index (χ4v) is 3.86. The smallest absolute Gasteiger partial charge is 0.321 e. The van der Waals surface area contributed by atoms with Crippen molar-refractivity contribution in [3.8, 4) is 11.6 Å². The molecule has 1 fully saturated rings. The molecule has 0 bridgehead atoms. The summed E-state index contributed by atoms with van der Waals surface area (Å²) in [5, 5.41) is 2.71. The number of hydrogen-bond donors (Lipinski definition) is 1. The number of amides is 2. The van der Waals surface area contributed by atoms with Crippen LogP contribution in [0.2, 0.25) is 0 Å². The van der Waals surface area contributed by atoms with Gasteiger partial charge in [-0.25, -0.2) is 18.2 Å². The largest absolute Gasteiger partial charge is 0.439 e. The zero-order valence-electron chi connectivity index (χ0n) is 13.2. The molecule has 0 atom stereocenters. The molecule has 132 valence electrons. The van der Waals surface area contributed by atoms with E-state index in [0.717, 1.165) is 4.47 Å². The van der Waals surface area contributed by atoms with Gasteiger partial charge in [0.2, 0.25) is 5.88 Å². The summed E-state index contributed by atoms with van der Waals surface area (Å²) in [5.74, 6) is 1.05. The number of halogens is 1. The van der Waals surface area contributed by atoms with E-state index in [1.165, 1.54) is 11.1 Å². The summed E-state index contributed by atoms with van der Waals surface area (Å²) in [6.07, 6.45) is 1.49. The predicted molar refractivity (Wildman–Crippen MR) is 97.7 cm³/mol. The first-order chi connectivity index (χ1) is 11.9. The van der Waals surface area contributed by atoms with E-state index in [1.54, 1.807) is 12.1 Å². The molecular formula is C16H16BrN3O4S. The minimum absolute atomic E-state index is 0.00190. The molecule has 1 N–H and O–H groups in total. The van der Waals surface area contributed by atoms with Crippen molar-refractivity contribution in [2.24, 2.45) is 0 Å². The Morgan fingerprint density at radius 1 is 1.20 bits per heavy atom. The lowest BCUT2D eigenvalue weighted by Crippen LogP contribution is -2.45. The highest BCUT2D eigenvalue weighted by atomic mass is 79.9. The third-order valence-corrected chi connectivity index (χ3v) is 5.74. The molecular weight excluding hydrogens is 410 g/mol. The summed E-state index contributed by atoms with van der Waals surface area (Å²) in [6, 6.07) is 10.4. The van der Waals surface area contributed by atoms with Gasteiger partial charge in [-0.1, -0.05) is 22.0 Å². The lowest BCUT2D eigenvalue weighted by Gasteiger charge is -2.26. The van der Waals surface area contributed by atoms with E-state index in [-0.39, 0.29) is 30.6 Å². The zero-order valence-corrected chi connectivity index (χ0v) is 15.6. The number of pyridine rings is 1. The Bertz CT molecular complexity index is 857. The van der Waals surface area contributed by atoms with Gasteiger partial charge in [-0.05, 0) is 24.3 Å². The summed E-state index contributed by atoms with van der Waals surface area (Å²) < 4.78 is 29.3. The van der Waals surface area contributed by atoms with Crippen LogP contribution >= 0.6 is 15.9 Å². The number of carbonyl (C=O) groups is 1. The van der Waals surface area contributed by atoms with E-state index in [4.69, 9.17) is 4.74 Å². The number of rotatable bonds is 3. The molecule has 1 saturated heterocycles. The van der Waals surface area contributed by atoms with Crippen LogP contribution in [-0.4, -0.2) is 48.9 Å². The second kappa shape index (κ2) is 7.40. The average Bonchev–Trinajstić information content (AvgIpc) is 2.56. The summed E-state index contributed by atoms with van der Waals surface area (Å²) in [4.78, 5) is 17.8. The van der Waals surface area contributed by atoms with Crippen molar-refractivity contribution >= 4 is 37.5 Å². The topological polar surface area (TPSA) is 88.6 Å². The highest BCUT2D eigenvalue weighted by molar-refractivity contribution is 9.10. The van der Waals surface area contributed by atoms with Crippen molar-refractivity contribution < 1.29 is 17.9 Å². The van der Waals surface area contributed by atoms with E-state index in [9.17, 15) is 13.2 Å². The van der Waals surface area contributed by atoms with Crippen LogP contribution in [0.4, 0.5) is 10.5 Å². The number of hydrogen-bond acceptors (Lipinski definition) is 5. The highest BCUT2D eigenvalue weighted by Crippen LogP contribution is 2.23. The van der Waals surface area contributed by atoms with Crippen molar-refractivity contribution in [2.75, 3.05) is 29.9 Å². The lowest BCUT2D eigenvalue weighted by molar-refractivity contribution is 0.216. The van der Waals surface area contributed by atoms with E-state index in [2.05, 4.69) is 26.2 Å². The van der Waals surface area contributed by atoms with E-state index < -0.39 is 9.84 Å². The van der Waals surface area contributed by atoms with Gasteiger partial charge in [0, 0.05) is 23.6 Å². The summed E-state index contributed by atoms with van der Waals surface area (Å²) in [6.45, 7) is 0.400. The van der Waals surface area contributed by atoms with Crippen LogP contribution < -0.4 is 10.1 Å². The molecule has 0 unspecified atom stereocenters. The third kappa shape index (κ3) is 4.93. The van der Waals surface area contributed by atoms with Gasteiger partial charge in [-0.2, -0.15) is 0 Å². The molecule has 7 nitrogen and oxygen atoms in total. The monoisotopic (exact) mass is 425 g/mol. The van der Waals surface area contributed by atoms with Crippen LogP contribution in [0.3, 0.4) is 0 Å². The Balaban J connectivity index is 1.58. The second-order valence-corrected chi connectivity index (χ2v) is 8.73. The maximum atomic E-state index is 12.1. The zero-order chi connectivity index (χ0) is 17.9. The number of nitrogens with zero attached hydrogens (tertiary/aromatic N) is 2. The molecule has 0 radical (unpaired) electrons. The molecule has 0 spiro atoms. The SMILES string of the molecule is O=C(Nc1ccc(Oc2cccc(Br)c2)nc1)N1CCS(=O)(=O)CC1. The summed E-state index contributed by atoms with van der Waals surface area (Å²) >= 11 is 3.37. The number of benzene rings is 1. The minimum Gasteiger partial charge on any atom is -0.439 e. The highest BCUT2D eigenvalue weighted by Gasteiger charge is 2.24. The molecule has 1 aliphatic heterocycles. The van der Waals surface area contributed by atoms with Gasteiger partial charge < -0.3 is 15.0 Å². The Kier molecular flexibility index (Phi) is 5.24. The molecule has 1 aromatic carbocycles. The van der Waals surface area contributed by atoms with Crippen molar-refractivity contribution in [3.05, 3.63) is 47.1 Å². The van der Waals surface area contributed by atoms with Gasteiger partial charge in [-0.15, -0.1) is 0 Å². The first-order valence-electron chi connectivity index (χ1n) is 7.57. The number of ether oxygens (including phenoxy) is 1. The molecule has 0 aliphatic carbocycles. The Hall–Kier alpha value is -2.13. The van der Waals surface area contributed by atoms with Gasteiger partial charge in [0.15, 0.2) is 9.84 Å². The molecule has 1 aromatic heterocycles. The van der Waals surface area contributed by atoms with E-state index in [1.807, 2.05) is 24.3 Å². The molecule has 9 heteroatoms. The van der Waals surface area contributed by atoms with Gasteiger partial charge in [0.25, 0.3) is 0 Å². The van der Waals surface area contributed by atoms with Crippen LogP contribution in [0.1, 0.15) is 0 Å². The van der Waals surface area contributed by atoms with Crippen LogP contribution in [0.15, 0.2) is 47.1 Å². The number of aromatic nitrogens is 1. The van der Waals surface area contributed by atoms with E-state index in [0.29, 0.717) is 17.3 Å². The Morgan fingerprint density at radius 3 is 2.60 bits per heavy atom. The van der Waals surface area contributed by atoms with Gasteiger partial charge in [0.05, 0.1) is 23.4 Å². The third-order valence-electron chi connectivity index (χ3n) is 3.64. The normalized spacial score (nSPS) is 16.3. The Morgan fingerprint density at radius 2 is 1.96 bits per heavy atom. The predicted octanol–water partition coefficient (Wildman–Crippen LogP) is 2.90. The molecule has 2 heterocycles. The van der Waals surface area contributed by atoms with Crippen LogP contribution in [-0.2, 0) is 9.84 Å². The maximum Gasteiger partial charge on any atom is 0.321 e. The first kappa shape index (κ1) is 17.7. The molecule has 2 amide bonds. The van der Waals surface area contributed by atoms with Crippen LogP contribution in [0.25, 0.3) is 0 Å².